The Bertz CT molecular complexity index is 1080. The third-order valence-corrected chi connectivity index (χ3v) is 4.10. The van der Waals surface area contributed by atoms with Crippen molar-refractivity contribution in [2.24, 2.45) is 0 Å². The number of benzene rings is 4. The summed E-state index contributed by atoms with van der Waals surface area (Å²) in [5, 5.41) is 21.3. The number of para-hydroxylation sites is 2. The molecule has 4 rings (SSSR count). The zero-order chi connectivity index (χ0) is 22.8. The number of carbonyl (C=O) groups excluding carboxylic acids is 2. The molecule has 0 aliphatic rings. The average molecular weight is 485 g/mol. The van der Waals surface area contributed by atoms with Gasteiger partial charge in [-0.05, 0) is 48.5 Å². The molecule has 0 aliphatic heterocycles. The van der Waals surface area contributed by atoms with Gasteiger partial charge in [0.2, 0.25) is 0 Å². The minimum Gasteiger partial charge on any atom is -0.545 e. The van der Waals surface area contributed by atoms with Gasteiger partial charge in [0.15, 0.2) is 0 Å². The van der Waals surface area contributed by atoms with Gasteiger partial charge >= 0.3 is 16.8 Å². The predicted molar refractivity (Wildman–Crippen MR) is 115 cm³/mol. The Balaban J connectivity index is 0.000000227. The molecule has 0 fully saturated rings. The summed E-state index contributed by atoms with van der Waals surface area (Å²) in [4.78, 5) is 21.3. The van der Waals surface area contributed by atoms with Crippen LogP contribution >= 0.6 is 0 Å². The Hall–Kier alpha value is -4.07. The van der Waals surface area contributed by atoms with E-state index in [1.807, 2.05) is 36.4 Å². The van der Waals surface area contributed by atoms with E-state index in [4.69, 9.17) is 9.47 Å². The Morgan fingerprint density at radius 2 is 0.818 bits per heavy atom. The molecule has 0 atom stereocenters. The second kappa shape index (κ2) is 12.7. The molecule has 6 nitrogen and oxygen atoms in total. The van der Waals surface area contributed by atoms with E-state index in [1.54, 1.807) is 48.5 Å². The molecule has 0 aliphatic carbocycles. The van der Waals surface area contributed by atoms with Gasteiger partial charge in [0, 0.05) is 11.1 Å². The van der Waals surface area contributed by atoms with Crippen LogP contribution in [0.4, 0.5) is 0 Å². The molecule has 0 aromatic heterocycles. The van der Waals surface area contributed by atoms with Gasteiger partial charge in [-0.25, -0.2) is 0 Å². The van der Waals surface area contributed by atoms with E-state index in [-0.39, 0.29) is 27.9 Å². The van der Waals surface area contributed by atoms with Crippen LogP contribution in [0.3, 0.4) is 0 Å². The molecule has 0 unspecified atom stereocenters. The van der Waals surface area contributed by atoms with Gasteiger partial charge in [-0.3, -0.25) is 0 Å². The largest absolute Gasteiger partial charge is 2.00 e. The average Bonchev–Trinajstić information content (AvgIpc) is 2.81. The number of hydrogen-bond donors (Lipinski definition) is 0. The maximum Gasteiger partial charge on any atom is 2.00 e. The summed E-state index contributed by atoms with van der Waals surface area (Å²) in [7, 11) is 0. The summed E-state index contributed by atoms with van der Waals surface area (Å²) in [6, 6.07) is 30.7. The molecular formula is C26H18CoO6. The third-order valence-electron chi connectivity index (χ3n) is 4.10. The van der Waals surface area contributed by atoms with Gasteiger partial charge in [-0.2, -0.15) is 0 Å². The third kappa shape index (κ3) is 8.17. The van der Waals surface area contributed by atoms with Crippen LogP contribution in [0.2, 0.25) is 0 Å². The smallest absolute Gasteiger partial charge is 0.545 e. The van der Waals surface area contributed by atoms with Gasteiger partial charge in [-0.15, -0.1) is 0 Å². The fourth-order valence-electron chi connectivity index (χ4n) is 2.62. The first-order valence-electron chi connectivity index (χ1n) is 9.60. The summed E-state index contributed by atoms with van der Waals surface area (Å²) >= 11 is 0. The van der Waals surface area contributed by atoms with Crippen LogP contribution in [-0.2, 0) is 16.8 Å². The molecule has 0 spiro atoms. The van der Waals surface area contributed by atoms with Crippen LogP contribution in [0, 0.1) is 0 Å². The molecular weight excluding hydrogens is 467 g/mol. The van der Waals surface area contributed by atoms with Crippen LogP contribution < -0.4 is 19.7 Å². The standard InChI is InChI=1S/2C13H10O3.Co/c2*14-13(15)10-5-4-8-12(9-10)16-11-6-2-1-3-7-11;/h2*1-9H,(H,14,15);/q;;+2/p-2. The Morgan fingerprint density at radius 1 is 0.485 bits per heavy atom. The van der Waals surface area contributed by atoms with Crippen molar-refractivity contribution in [2.75, 3.05) is 0 Å². The van der Waals surface area contributed by atoms with Crippen LogP contribution in [0.25, 0.3) is 0 Å². The fraction of sp³-hybridized carbons (Fsp3) is 0. The number of aromatic carboxylic acids is 2. The van der Waals surface area contributed by atoms with Crippen molar-refractivity contribution < 1.29 is 46.1 Å². The summed E-state index contributed by atoms with van der Waals surface area (Å²) in [6.45, 7) is 0. The van der Waals surface area contributed by atoms with Crippen LogP contribution in [0.5, 0.6) is 23.0 Å². The molecule has 0 amide bonds. The number of carboxylic acid groups (broad SMARTS) is 2. The van der Waals surface area contributed by atoms with Crippen molar-refractivity contribution in [1.29, 1.82) is 0 Å². The predicted octanol–water partition coefficient (Wildman–Crippen LogP) is 3.68. The Labute approximate surface area is 201 Å². The monoisotopic (exact) mass is 485 g/mol. The van der Waals surface area contributed by atoms with E-state index in [0.29, 0.717) is 23.0 Å². The van der Waals surface area contributed by atoms with Crippen molar-refractivity contribution in [1.82, 2.24) is 0 Å². The molecule has 167 valence electrons. The first kappa shape index (κ1) is 25.2. The molecule has 0 saturated heterocycles. The summed E-state index contributed by atoms with van der Waals surface area (Å²) in [6.07, 6.45) is 0. The number of hydrogen-bond acceptors (Lipinski definition) is 6. The maximum atomic E-state index is 10.6. The zero-order valence-corrected chi connectivity index (χ0v) is 18.2. The first-order valence-corrected chi connectivity index (χ1v) is 9.60. The molecule has 0 heterocycles. The first-order chi connectivity index (χ1) is 15.5. The molecule has 7 heteroatoms. The molecule has 4 aromatic carbocycles. The maximum absolute atomic E-state index is 10.6. The molecule has 0 saturated carbocycles. The minimum atomic E-state index is -1.21. The van der Waals surface area contributed by atoms with Crippen molar-refractivity contribution in [2.45, 2.75) is 0 Å². The minimum absolute atomic E-state index is 0. The molecule has 0 N–H and O–H groups in total. The van der Waals surface area contributed by atoms with Gasteiger partial charge in [-0.1, -0.05) is 60.7 Å². The van der Waals surface area contributed by atoms with Crippen LogP contribution in [0.1, 0.15) is 20.7 Å². The van der Waals surface area contributed by atoms with E-state index >= 15 is 0 Å². The fourth-order valence-corrected chi connectivity index (χ4v) is 2.62. The van der Waals surface area contributed by atoms with Gasteiger partial charge < -0.3 is 29.3 Å². The van der Waals surface area contributed by atoms with Gasteiger partial charge in [0.05, 0.1) is 11.9 Å². The molecule has 4 aromatic rings. The molecule has 0 bridgehead atoms. The number of ether oxygens (including phenoxy) is 2. The van der Waals surface area contributed by atoms with E-state index < -0.39 is 11.9 Å². The summed E-state index contributed by atoms with van der Waals surface area (Å²) in [5.74, 6) is -0.131. The van der Waals surface area contributed by atoms with E-state index in [9.17, 15) is 19.8 Å². The van der Waals surface area contributed by atoms with Crippen molar-refractivity contribution in [3.05, 3.63) is 120 Å². The summed E-state index contributed by atoms with van der Waals surface area (Å²) < 4.78 is 11.0. The van der Waals surface area contributed by atoms with Crippen LogP contribution in [-0.4, -0.2) is 11.9 Å². The number of carboxylic acids is 2. The second-order valence-corrected chi connectivity index (χ2v) is 6.46. The van der Waals surface area contributed by atoms with Crippen molar-refractivity contribution >= 4 is 11.9 Å². The Morgan fingerprint density at radius 3 is 1.15 bits per heavy atom. The SMILES string of the molecule is O=C([O-])c1cccc(Oc2ccccc2)c1.O=C([O-])c1cccc(Oc2ccccc2)c1.[Co+2]. The van der Waals surface area contributed by atoms with Crippen LogP contribution in [0.15, 0.2) is 109 Å². The topological polar surface area (TPSA) is 98.7 Å². The number of carbonyl (C=O) groups is 2. The summed E-state index contributed by atoms with van der Waals surface area (Å²) in [5.41, 5.74) is 0.210. The quantitative estimate of drug-likeness (QED) is 0.413. The zero-order valence-electron chi connectivity index (χ0n) is 17.2. The van der Waals surface area contributed by atoms with E-state index in [0.717, 1.165) is 0 Å². The van der Waals surface area contributed by atoms with E-state index in [1.165, 1.54) is 24.3 Å². The number of rotatable bonds is 6. The van der Waals surface area contributed by atoms with Gasteiger partial charge in [0.25, 0.3) is 0 Å². The molecule has 1 radical (unpaired) electrons. The van der Waals surface area contributed by atoms with Gasteiger partial charge in [0.1, 0.15) is 23.0 Å². The van der Waals surface area contributed by atoms with Crippen molar-refractivity contribution in [3.8, 4) is 23.0 Å². The molecule has 33 heavy (non-hydrogen) atoms. The Kier molecular flexibility index (Phi) is 9.70. The van der Waals surface area contributed by atoms with E-state index in [2.05, 4.69) is 0 Å². The second-order valence-electron chi connectivity index (χ2n) is 6.46. The van der Waals surface area contributed by atoms with Crippen molar-refractivity contribution in [3.63, 3.8) is 0 Å². The normalized spacial score (nSPS) is 9.45.